The summed E-state index contributed by atoms with van der Waals surface area (Å²) in [7, 11) is 0. The van der Waals surface area contributed by atoms with Gasteiger partial charge in [-0.05, 0) is 6.07 Å². The predicted molar refractivity (Wildman–Crippen MR) is 46.5 cm³/mol. The molecule has 4 heteroatoms. The minimum absolute atomic E-state index is 0.727. The molecule has 0 aliphatic heterocycles. The lowest BCUT2D eigenvalue weighted by Crippen LogP contribution is -1.85. The van der Waals surface area contributed by atoms with Crippen molar-refractivity contribution in [1.29, 1.82) is 0 Å². The molecule has 0 atom stereocenters. The molecule has 0 radical (unpaired) electrons. The Labute approximate surface area is 70.7 Å². The van der Waals surface area contributed by atoms with E-state index in [0.717, 1.165) is 11.0 Å². The van der Waals surface area contributed by atoms with E-state index in [-0.39, 0.29) is 0 Å². The molecular formula is C8H10N4. The average molecular weight is 162 g/mol. The molecule has 0 aromatic carbocycles. The third-order valence-electron chi connectivity index (χ3n) is 1.19. The van der Waals surface area contributed by atoms with Crippen LogP contribution in [0.15, 0.2) is 24.8 Å². The normalized spacial score (nSPS) is 8.83. The molecule has 0 aliphatic rings. The number of hydrogen-bond acceptors (Lipinski definition) is 4. The van der Waals surface area contributed by atoms with Crippen molar-refractivity contribution in [2.45, 2.75) is 13.8 Å². The van der Waals surface area contributed by atoms with Gasteiger partial charge in [0.15, 0.2) is 0 Å². The monoisotopic (exact) mass is 162 g/mol. The van der Waals surface area contributed by atoms with Crippen LogP contribution in [0, 0.1) is 0 Å². The molecule has 2 heterocycles. The fraction of sp³-hybridized carbons (Fsp3) is 0.250. The summed E-state index contributed by atoms with van der Waals surface area (Å²) in [6.07, 6.45) is 4.73. The third-order valence-corrected chi connectivity index (χ3v) is 1.19. The van der Waals surface area contributed by atoms with Crippen molar-refractivity contribution in [2.24, 2.45) is 0 Å². The maximum absolute atomic E-state index is 3.97. The number of hydrogen-bond donors (Lipinski definition) is 0. The summed E-state index contributed by atoms with van der Waals surface area (Å²) in [6, 6.07) is 1.80. The van der Waals surface area contributed by atoms with Crippen LogP contribution in [0.4, 0.5) is 0 Å². The van der Waals surface area contributed by atoms with Gasteiger partial charge < -0.3 is 0 Å². The quantitative estimate of drug-likeness (QED) is 0.588. The molecule has 62 valence electrons. The van der Waals surface area contributed by atoms with Crippen LogP contribution in [0.5, 0.6) is 0 Å². The Bertz CT molecular complexity index is 282. The first-order valence-corrected chi connectivity index (χ1v) is 3.84. The van der Waals surface area contributed by atoms with Gasteiger partial charge in [-0.3, -0.25) is 0 Å². The van der Waals surface area contributed by atoms with E-state index in [1.165, 1.54) is 6.33 Å². The molecule has 0 saturated carbocycles. The van der Waals surface area contributed by atoms with Gasteiger partial charge in [-0.25, -0.2) is 9.97 Å². The zero-order chi connectivity index (χ0) is 8.81. The molecular weight excluding hydrogens is 152 g/mol. The molecule has 2 rings (SSSR count). The topological polar surface area (TPSA) is 51.6 Å². The smallest absolute Gasteiger partial charge is 0.130 e. The second-order valence-corrected chi connectivity index (χ2v) is 1.82. The molecule has 0 unspecified atom stereocenters. The maximum atomic E-state index is 3.97. The highest BCUT2D eigenvalue weighted by molar-refractivity contribution is 5.70. The van der Waals surface area contributed by atoms with Gasteiger partial charge in [-0.2, -0.15) is 5.10 Å². The second-order valence-electron chi connectivity index (χ2n) is 1.82. The van der Waals surface area contributed by atoms with E-state index in [1.807, 2.05) is 13.8 Å². The van der Waals surface area contributed by atoms with Crippen LogP contribution < -0.4 is 0 Å². The van der Waals surface area contributed by atoms with E-state index in [0.29, 0.717) is 0 Å². The third kappa shape index (κ3) is 1.72. The summed E-state index contributed by atoms with van der Waals surface area (Å²) in [5.74, 6) is 0. The van der Waals surface area contributed by atoms with Gasteiger partial charge >= 0.3 is 0 Å². The van der Waals surface area contributed by atoms with Crippen molar-refractivity contribution < 1.29 is 0 Å². The molecule has 4 nitrogen and oxygen atoms in total. The van der Waals surface area contributed by atoms with Crippen LogP contribution >= 0.6 is 0 Å². The first kappa shape index (κ1) is 8.52. The highest BCUT2D eigenvalue weighted by atomic mass is 15.1. The van der Waals surface area contributed by atoms with Crippen LogP contribution in [0.1, 0.15) is 13.8 Å². The lowest BCUT2D eigenvalue weighted by molar-refractivity contribution is 1.05. The average Bonchev–Trinajstić information content (AvgIpc) is 2.21. The van der Waals surface area contributed by atoms with E-state index in [9.17, 15) is 0 Å². The highest BCUT2D eigenvalue weighted by Gasteiger charge is 1.90. The van der Waals surface area contributed by atoms with E-state index in [4.69, 9.17) is 0 Å². The fourth-order valence-electron chi connectivity index (χ4n) is 0.737. The number of aromatic nitrogens is 4. The van der Waals surface area contributed by atoms with Gasteiger partial charge in [0.25, 0.3) is 0 Å². The molecule has 0 N–H and O–H groups in total. The first-order chi connectivity index (χ1) is 5.97. The van der Waals surface area contributed by atoms with Gasteiger partial charge in [0, 0.05) is 0 Å². The zero-order valence-electron chi connectivity index (χ0n) is 7.10. The summed E-state index contributed by atoms with van der Waals surface area (Å²) < 4.78 is 0. The Hall–Kier alpha value is -1.58. The van der Waals surface area contributed by atoms with Crippen molar-refractivity contribution in [3.05, 3.63) is 24.8 Å². The Balaban J connectivity index is 0.000000336. The lowest BCUT2D eigenvalue weighted by atomic mass is 10.4. The van der Waals surface area contributed by atoms with Crippen molar-refractivity contribution in [3.63, 3.8) is 0 Å². The molecule has 12 heavy (non-hydrogen) atoms. The van der Waals surface area contributed by atoms with Gasteiger partial charge in [-0.1, -0.05) is 13.8 Å². The highest BCUT2D eigenvalue weighted by Crippen LogP contribution is 2.00. The van der Waals surface area contributed by atoms with Crippen LogP contribution in [-0.2, 0) is 0 Å². The molecule has 0 spiro atoms. The van der Waals surface area contributed by atoms with Gasteiger partial charge in [0.1, 0.15) is 11.8 Å². The van der Waals surface area contributed by atoms with E-state index >= 15 is 0 Å². The fourth-order valence-corrected chi connectivity index (χ4v) is 0.737. The SMILES string of the molecule is CC.c1cc2ncncc2nn1. The van der Waals surface area contributed by atoms with Gasteiger partial charge in [0.2, 0.25) is 0 Å². The molecule has 0 amide bonds. The maximum Gasteiger partial charge on any atom is 0.130 e. The molecule has 2 aromatic rings. The largest absolute Gasteiger partial charge is 0.242 e. The summed E-state index contributed by atoms with van der Waals surface area (Å²) >= 11 is 0. The zero-order valence-corrected chi connectivity index (χ0v) is 7.10. The van der Waals surface area contributed by atoms with Crippen molar-refractivity contribution >= 4 is 11.0 Å². The summed E-state index contributed by atoms with van der Waals surface area (Å²) in [4.78, 5) is 7.77. The Kier molecular flexibility index (Phi) is 3.07. The first-order valence-electron chi connectivity index (χ1n) is 3.84. The summed E-state index contributed by atoms with van der Waals surface area (Å²) in [5, 5.41) is 7.49. The minimum atomic E-state index is 0.727. The molecule has 0 bridgehead atoms. The van der Waals surface area contributed by atoms with Crippen LogP contribution in [-0.4, -0.2) is 20.2 Å². The second kappa shape index (κ2) is 4.33. The Morgan fingerprint density at radius 3 is 2.75 bits per heavy atom. The van der Waals surface area contributed by atoms with Gasteiger partial charge in [-0.15, -0.1) is 5.10 Å². The van der Waals surface area contributed by atoms with Gasteiger partial charge in [0.05, 0.1) is 17.9 Å². The summed E-state index contributed by atoms with van der Waals surface area (Å²) in [5.41, 5.74) is 1.55. The minimum Gasteiger partial charge on any atom is -0.242 e. The van der Waals surface area contributed by atoms with E-state index in [2.05, 4.69) is 20.2 Å². The number of nitrogens with zero attached hydrogens (tertiary/aromatic N) is 4. The lowest BCUT2D eigenvalue weighted by Gasteiger charge is -1.88. The number of rotatable bonds is 0. The van der Waals surface area contributed by atoms with Crippen molar-refractivity contribution in [1.82, 2.24) is 20.2 Å². The van der Waals surface area contributed by atoms with Crippen molar-refractivity contribution in [3.8, 4) is 0 Å². The van der Waals surface area contributed by atoms with Crippen molar-refractivity contribution in [2.75, 3.05) is 0 Å². The molecule has 0 saturated heterocycles. The standard InChI is InChI=1S/C6H4N4.C2H6/c1-2-9-10-6-3-7-4-8-5(1)6;1-2/h1-4H;1-2H3. The van der Waals surface area contributed by atoms with Crippen LogP contribution in [0.3, 0.4) is 0 Å². The molecule has 2 aromatic heterocycles. The van der Waals surface area contributed by atoms with Crippen LogP contribution in [0.2, 0.25) is 0 Å². The van der Waals surface area contributed by atoms with E-state index < -0.39 is 0 Å². The number of fused-ring (bicyclic) bond motifs is 1. The molecule has 0 fully saturated rings. The summed E-state index contributed by atoms with van der Waals surface area (Å²) in [6.45, 7) is 4.00. The van der Waals surface area contributed by atoms with E-state index in [1.54, 1.807) is 18.5 Å². The molecule has 0 aliphatic carbocycles. The predicted octanol–water partition coefficient (Wildman–Crippen LogP) is 1.45. The van der Waals surface area contributed by atoms with Crippen LogP contribution in [0.25, 0.3) is 11.0 Å². The Morgan fingerprint density at radius 2 is 2.00 bits per heavy atom. The Morgan fingerprint density at radius 1 is 1.17 bits per heavy atom.